The van der Waals surface area contributed by atoms with Gasteiger partial charge in [0, 0.05) is 19.1 Å². The quantitative estimate of drug-likeness (QED) is 0.165. The van der Waals surface area contributed by atoms with Crippen LogP contribution in [-0.4, -0.2) is 27.5 Å². The molecule has 0 aromatic heterocycles. The Morgan fingerprint density at radius 1 is 1.27 bits per heavy atom. The van der Waals surface area contributed by atoms with Crippen LogP contribution < -0.4 is 0 Å². The van der Waals surface area contributed by atoms with Crippen LogP contribution in [0, 0.1) is 11.8 Å². The SMILES string of the molecule is C=CCOC(=O)/C=C/C#CCCCCO[Si](C)(C)C(C)(C)C. The summed E-state index contributed by atoms with van der Waals surface area (Å²) in [4.78, 5) is 11.1. The largest absolute Gasteiger partial charge is 0.458 e. The molecule has 3 nitrogen and oxygen atoms in total. The zero-order chi connectivity index (χ0) is 17.1. The number of carbonyl (C=O) groups is 1. The third kappa shape index (κ3) is 9.59. The number of hydrogen-bond donors (Lipinski definition) is 0. The Labute approximate surface area is 136 Å². The maximum absolute atomic E-state index is 11.1. The lowest BCUT2D eigenvalue weighted by Crippen LogP contribution is -2.40. The number of rotatable bonds is 8. The second-order valence-corrected chi connectivity index (χ2v) is 11.4. The van der Waals surface area contributed by atoms with Crippen molar-refractivity contribution in [1.82, 2.24) is 0 Å². The smallest absolute Gasteiger partial charge is 0.331 e. The molecule has 0 aliphatic rings. The zero-order valence-corrected chi connectivity index (χ0v) is 15.7. The summed E-state index contributed by atoms with van der Waals surface area (Å²) in [5.41, 5.74) is 0. The molecule has 22 heavy (non-hydrogen) atoms. The summed E-state index contributed by atoms with van der Waals surface area (Å²) < 4.78 is 10.9. The van der Waals surface area contributed by atoms with Crippen molar-refractivity contribution in [1.29, 1.82) is 0 Å². The molecular weight excluding hydrogens is 292 g/mol. The highest BCUT2D eigenvalue weighted by molar-refractivity contribution is 6.74. The van der Waals surface area contributed by atoms with Gasteiger partial charge in [-0.25, -0.2) is 4.79 Å². The summed E-state index contributed by atoms with van der Waals surface area (Å²) >= 11 is 0. The second kappa shape index (κ2) is 10.4. The molecule has 0 atom stereocenters. The van der Waals surface area contributed by atoms with E-state index in [1.807, 2.05) is 0 Å². The lowest BCUT2D eigenvalue weighted by atomic mass is 10.2. The molecule has 0 saturated heterocycles. The van der Waals surface area contributed by atoms with E-state index in [2.05, 4.69) is 52.3 Å². The third-order valence-corrected chi connectivity index (χ3v) is 8.25. The average Bonchev–Trinajstić information content (AvgIpc) is 2.41. The molecule has 0 amide bonds. The van der Waals surface area contributed by atoms with Gasteiger partial charge in [-0.2, -0.15) is 0 Å². The van der Waals surface area contributed by atoms with Gasteiger partial charge in [-0.15, -0.1) is 0 Å². The normalized spacial score (nSPS) is 11.9. The summed E-state index contributed by atoms with van der Waals surface area (Å²) in [7, 11) is -1.62. The molecule has 0 heterocycles. The minimum atomic E-state index is -1.62. The maximum atomic E-state index is 11.1. The van der Waals surface area contributed by atoms with E-state index < -0.39 is 14.3 Å². The second-order valence-electron chi connectivity index (χ2n) is 6.64. The van der Waals surface area contributed by atoms with Crippen LogP contribution in [-0.2, 0) is 14.0 Å². The highest BCUT2D eigenvalue weighted by Gasteiger charge is 2.36. The molecule has 0 aliphatic heterocycles. The fourth-order valence-corrected chi connectivity index (χ4v) is 2.38. The van der Waals surface area contributed by atoms with Gasteiger partial charge in [0.05, 0.1) is 0 Å². The van der Waals surface area contributed by atoms with Gasteiger partial charge in [0.15, 0.2) is 8.32 Å². The number of unbranched alkanes of at least 4 members (excludes halogenated alkanes) is 2. The Hall–Kier alpha value is -1.31. The van der Waals surface area contributed by atoms with Crippen LogP contribution in [0.4, 0.5) is 0 Å². The number of hydrogen-bond acceptors (Lipinski definition) is 3. The molecule has 0 unspecified atom stereocenters. The fraction of sp³-hybridized carbons (Fsp3) is 0.611. The van der Waals surface area contributed by atoms with Crippen LogP contribution >= 0.6 is 0 Å². The fourth-order valence-electron chi connectivity index (χ4n) is 1.29. The maximum Gasteiger partial charge on any atom is 0.331 e. The molecular formula is C18H30O3Si. The molecule has 0 aliphatic carbocycles. The van der Waals surface area contributed by atoms with E-state index >= 15 is 0 Å². The van der Waals surface area contributed by atoms with E-state index in [1.54, 1.807) is 0 Å². The summed E-state index contributed by atoms with van der Waals surface area (Å²) in [6, 6.07) is 0. The van der Waals surface area contributed by atoms with Gasteiger partial charge in [0.2, 0.25) is 0 Å². The molecule has 0 aromatic carbocycles. The summed E-state index contributed by atoms with van der Waals surface area (Å²) in [5.74, 6) is 5.46. The average molecular weight is 323 g/mol. The van der Waals surface area contributed by atoms with Crippen molar-refractivity contribution in [2.24, 2.45) is 0 Å². The molecule has 124 valence electrons. The Balaban J connectivity index is 3.79. The van der Waals surface area contributed by atoms with Gasteiger partial charge in [-0.1, -0.05) is 45.3 Å². The van der Waals surface area contributed by atoms with Crippen LogP contribution in [0.3, 0.4) is 0 Å². The van der Waals surface area contributed by atoms with Crippen molar-refractivity contribution in [3.63, 3.8) is 0 Å². The van der Waals surface area contributed by atoms with Gasteiger partial charge in [-0.05, 0) is 37.0 Å². The van der Waals surface area contributed by atoms with E-state index in [-0.39, 0.29) is 11.6 Å². The zero-order valence-electron chi connectivity index (χ0n) is 14.7. The van der Waals surface area contributed by atoms with Gasteiger partial charge >= 0.3 is 5.97 Å². The Morgan fingerprint density at radius 2 is 1.95 bits per heavy atom. The monoisotopic (exact) mass is 322 g/mol. The molecule has 0 aromatic rings. The van der Waals surface area contributed by atoms with Gasteiger partial charge in [0.25, 0.3) is 0 Å². The predicted octanol–water partition coefficient (Wildman–Crippen LogP) is 4.47. The lowest BCUT2D eigenvalue weighted by Gasteiger charge is -2.36. The van der Waals surface area contributed by atoms with Crippen LogP contribution in [0.2, 0.25) is 18.1 Å². The van der Waals surface area contributed by atoms with Crippen molar-refractivity contribution in [3.05, 3.63) is 24.8 Å². The number of carbonyl (C=O) groups excluding carboxylic acids is 1. The first-order valence-corrected chi connectivity index (χ1v) is 10.7. The van der Waals surface area contributed by atoms with E-state index in [9.17, 15) is 4.79 Å². The van der Waals surface area contributed by atoms with Crippen molar-refractivity contribution < 1.29 is 14.0 Å². The first kappa shape index (κ1) is 20.7. The third-order valence-electron chi connectivity index (χ3n) is 3.71. The standard InChI is InChI=1S/C18H30O3Si/c1-7-15-20-17(19)14-12-10-8-9-11-13-16-21-22(5,6)18(2,3)4/h7,12,14H,1,9,11,13,15-16H2,2-6H3/b14-12+. The van der Waals surface area contributed by atoms with E-state index in [1.165, 1.54) is 18.2 Å². The lowest BCUT2D eigenvalue weighted by molar-refractivity contribution is -0.136. The molecule has 0 radical (unpaired) electrons. The molecule has 4 heteroatoms. The van der Waals surface area contributed by atoms with Crippen molar-refractivity contribution in [2.45, 2.75) is 58.2 Å². The van der Waals surface area contributed by atoms with Crippen LogP contribution in [0.25, 0.3) is 0 Å². The molecule has 0 spiro atoms. The Kier molecular flexibility index (Phi) is 9.80. The predicted molar refractivity (Wildman–Crippen MR) is 95.1 cm³/mol. The van der Waals surface area contributed by atoms with Gasteiger partial charge in [-0.3, -0.25) is 0 Å². The molecule has 0 N–H and O–H groups in total. The molecule has 0 rings (SSSR count). The summed E-state index contributed by atoms with van der Waals surface area (Å²) in [6.45, 7) is 15.8. The van der Waals surface area contributed by atoms with E-state index in [0.717, 1.165) is 25.9 Å². The van der Waals surface area contributed by atoms with Crippen LogP contribution in [0.15, 0.2) is 24.8 Å². The minimum Gasteiger partial charge on any atom is -0.458 e. The molecule has 0 bridgehead atoms. The summed E-state index contributed by atoms with van der Waals surface area (Å²) in [5, 5.41) is 0.262. The first-order valence-electron chi connectivity index (χ1n) is 7.77. The number of ether oxygens (including phenoxy) is 1. The van der Waals surface area contributed by atoms with Crippen LogP contribution in [0.1, 0.15) is 40.0 Å². The van der Waals surface area contributed by atoms with Crippen LogP contribution in [0.5, 0.6) is 0 Å². The first-order chi connectivity index (χ1) is 10.2. The minimum absolute atomic E-state index is 0.227. The topological polar surface area (TPSA) is 35.5 Å². The summed E-state index contributed by atoms with van der Waals surface area (Å²) in [6.07, 6.45) is 7.23. The Bertz CT molecular complexity index is 433. The van der Waals surface area contributed by atoms with E-state index in [4.69, 9.17) is 9.16 Å². The van der Waals surface area contributed by atoms with Crippen molar-refractivity contribution in [2.75, 3.05) is 13.2 Å². The van der Waals surface area contributed by atoms with Gasteiger partial charge < -0.3 is 9.16 Å². The number of allylic oxidation sites excluding steroid dienone is 1. The number of esters is 1. The van der Waals surface area contributed by atoms with Crippen molar-refractivity contribution in [3.8, 4) is 11.8 Å². The molecule has 0 saturated carbocycles. The van der Waals surface area contributed by atoms with Gasteiger partial charge in [0.1, 0.15) is 6.61 Å². The highest BCUT2D eigenvalue weighted by Crippen LogP contribution is 2.36. The van der Waals surface area contributed by atoms with Crippen molar-refractivity contribution >= 4 is 14.3 Å². The molecule has 0 fully saturated rings. The highest BCUT2D eigenvalue weighted by atomic mass is 28.4. The Morgan fingerprint density at radius 3 is 2.55 bits per heavy atom. The van der Waals surface area contributed by atoms with E-state index in [0.29, 0.717) is 0 Å².